The maximum absolute atomic E-state index is 5.64. The van der Waals surface area contributed by atoms with E-state index in [1.165, 1.54) is 25.7 Å². The molecule has 4 heteroatoms. The van der Waals surface area contributed by atoms with Gasteiger partial charge in [-0.2, -0.15) is 5.10 Å². The molecule has 0 saturated heterocycles. The summed E-state index contributed by atoms with van der Waals surface area (Å²) in [6.07, 6.45) is 10.4. The highest BCUT2D eigenvalue weighted by Crippen LogP contribution is 2.12. The zero-order valence-electron chi connectivity index (χ0n) is 12.7. The Balaban J connectivity index is 2.40. The summed E-state index contributed by atoms with van der Waals surface area (Å²) < 4.78 is 2.06. The minimum atomic E-state index is 0.345. The third-order valence-corrected chi connectivity index (χ3v) is 3.80. The lowest BCUT2D eigenvalue weighted by Crippen LogP contribution is -2.36. The van der Waals surface area contributed by atoms with E-state index in [1.807, 2.05) is 0 Å². The van der Waals surface area contributed by atoms with Crippen LogP contribution in [0.4, 0.5) is 0 Å². The number of rotatable bonds is 10. The van der Waals surface area contributed by atoms with Gasteiger partial charge < -0.3 is 0 Å². The molecule has 2 unspecified atom stereocenters. The fourth-order valence-corrected chi connectivity index (χ4v) is 2.23. The molecule has 1 rings (SSSR count). The van der Waals surface area contributed by atoms with Crippen molar-refractivity contribution in [2.45, 2.75) is 77.8 Å². The zero-order valence-corrected chi connectivity index (χ0v) is 12.7. The second-order valence-corrected chi connectivity index (χ2v) is 5.46. The first-order valence-electron chi connectivity index (χ1n) is 7.71. The summed E-state index contributed by atoms with van der Waals surface area (Å²) in [6, 6.07) is 2.93. The summed E-state index contributed by atoms with van der Waals surface area (Å²) in [6.45, 7) is 6.62. The Morgan fingerprint density at radius 1 is 1.32 bits per heavy atom. The van der Waals surface area contributed by atoms with Gasteiger partial charge >= 0.3 is 0 Å². The number of hydrogen-bond donors (Lipinski definition) is 2. The van der Waals surface area contributed by atoms with Crippen LogP contribution in [-0.2, 0) is 6.42 Å². The molecular formula is C15H30N4. The maximum atomic E-state index is 5.64. The quantitative estimate of drug-likeness (QED) is 0.388. The summed E-state index contributed by atoms with van der Waals surface area (Å²) in [5.74, 6) is 5.64. The van der Waals surface area contributed by atoms with Gasteiger partial charge in [0.1, 0.15) is 0 Å². The molecule has 0 radical (unpaired) electrons. The van der Waals surface area contributed by atoms with Gasteiger partial charge in [-0.15, -0.1) is 0 Å². The van der Waals surface area contributed by atoms with E-state index in [0.29, 0.717) is 12.1 Å². The van der Waals surface area contributed by atoms with Crippen LogP contribution in [0.1, 0.15) is 71.0 Å². The van der Waals surface area contributed by atoms with Crippen LogP contribution in [0, 0.1) is 0 Å². The highest BCUT2D eigenvalue weighted by molar-refractivity contribution is 5.02. The van der Waals surface area contributed by atoms with Gasteiger partial charge in [-0.25, -0.2) is 0 Å². The predicted octanol–water partition coefficient (Wildman–Crippen LogP) is 3.20. The van der Waals surface area contributed by atoms with Gasteiger partial charge in [0, 0.05) is 24.7 Å². The van der Waals surface area contributed by atoms with E-state index in [1.54, 1.807) is 0 Å². The van der Waals surface area contributed by atoms with Crippen molar-refractivity contribution >= 4 is 0 Å². The standard InChI is InChI=1S/C15H30N4/c1-4-6-7-8-9-14(17-16)12-15-10-11-19(18-15)13(3)5-2/h10-11,13-14,17H,4-9,12,16H2,1-3H3. The topological polar surface area (TPSA) is 55.9 Å². The summed E-state index contributed by atoms with van der Waals surface area (Å²) >= 11 is 0. The molecule has 0 aliphatic rings. The van der Waals surface area contributed by atoms with Gasteiger partial charge in [-0.05, 0) is 25.8 Å². The van der Waals surface area contributed by atoms with Crippen LogP contribution in [0.3, 0.4) is 0 Å². The normalized spacial score (nSPS) is 14.5. The van der Waals surface area contributed by atoms with Crippen molar-refractivity contribution in [3.8, 4) is 0 Å². The van der Waals surface area contributed by atoms with E-state index < -0.39 is 0 Å². The zero-order chi connectivity index (χ0) is 14.1. The van der Waals surface area contributed by atoms with Crippen molar-refractivity contribution < 1.29 is 0 Å². The average molecular weight is 266 g/mol. The average Bonchev–Trinajstić information content (AvgIpc) is 2.89. The highest BCUT2D eigenvalue weighted by Gasteiger charge is 2.11. The second-order valence-electron chi connectivity index (χ2n) is 5.46. The van der Waals surface area contributed by atoms with Crippen molar-refractivity contribution in [2.24, 2.45) is 5.84 Å². The van der Waals surface area contributed by atoms with Gasteiger partial charge in [0.15, 0.2) is 0 Å². The fourth-order valence-electron chi connectivity index (χ4n) is 2.23. The van der Waals surface area contributed by atoms with Gasteiger partial charge in [0.25, 0.3) is 0 Å². The van der Waals surface area contributed by atoms with E-state index in [9.17, 15) is 0 Å². The van der Waals surface area contributed by atoms with E-state index in [-0.39, 0.29) is 0 Å². The Morgan fingerprint density at radius 3 is 2.74 bits per heavy atom. The molecule has 1 aromatic rings. The molecule has 3 N–H and O–H groups in total. The molecule has 1 heterocycles. The molecule has 0 aliphatic heterocycles. The first-order chi connectivity index (χ1) is 9.21. The molecule has 0 spiro atoms. The Labute approximate surface area is 117 Å². The largest absolute Gasteiger partial charge is 0.271 e. The molecule has 0 saturated carbocycles. The molecule has 19 heavy (non-hydrogen) atoms. The summed E-state index contributed by atoms with van der Waals surface area (Å²) in [7, 11) is 0. The number of aromatic nitrogens is 2. The van der Waals surface area contributed by atoms with Crippen LogP contribution < -0.4 is 11.3 Å². The van der Waals surface area contributed by atoms with Gasteiger partial charge in [-0.1, -0.05) is 39.5 Å². The first-order valence-corrected chi connectivity index (χ1v) is 7.71. The monoisotopic (exact) mass is 266 g/mol. The summed E-state index contributed by atoms with van der Waals surface area (Å²) in [5, 5.41) is 4.63. The van der Waals surface area contributed by atoms with Crippen molar-refractivity contribution in [3.05, 3.63) is 18.0 Å². The SMILES string of the molecule is CCCCCCC(Cc1ccn(C(C)CC)n1)NN. The lowest BCUT2D eigenvalue weighted by atomic mass is 10.0. The predicted molar refractivity (Wildman–Crippen MR) is 80.8 cm³/mol. The third kappa shape index (κ3) is 5.74. The summed E-state index contributed by atoms with van der Waals surface area (Å²) in [4.78, 5) is 0. The van der Waals surface area contributed by atoms with Gasteiger partial charge in [0.05, 0.1) is 5.69 Å². The van der Waals surface area contributed by atoms with Crippen LogP contribution in [0.25, 0.3) is 0 Å². The number of hydrazine groups is 1. The first kappa shape index (κ1) is 16.2. The maximum Gasteiger partial charge on any atom is 0.0640 e. The molecule has 0 aromatic carbocycles. The third-order valence-electron chi connectivity index (χ3n) is 3.80. The lowest BCUT2D eigenvalue weighted by molar-refractivity contribution is 0.445. The van der Waals surface area contributed by atoms with Crippen LogP contribution in [0.5, 0.6) is 0 Å². The minimum absolute atomic E-state index is 0.345. The molecule has 2 atom stereocenters. The molecule has 0 aliphatic carbocycles. The van der Waals surface area contributed by atoms with Crippen molar-refractivity contribution in [1.29, 1.82) is 0 Å². The summed E-state index contributed by atoms with van der Waals surface area (Å²) in [5.41, 5.74) is 4.07. The minimum Gasteiger partial charge on any atom is -0.271 e. The van der Waals surface area contributed by atoms with Crippen LogP contribution in [-0.4, -0.2) is 15.8 Å². The molecule has 0 fully saturated rings. The lowest BCUT2D eigenvalue weighted by Gasteiger charge is -2.14. The van der Waals surface area contributed by atoms with Crippen LogP contribution in [0.2, 0.25) is 0 Å². The highest BCUT2D eigenvalue weighted by atomic mass is 15.3. The Bertz CT molecular complexity index is 335. The fraction of sp³-hybridized carbons (Fsp3) is 0.800. The second kappa shape index (κ2) is 9.10. The van der Waals surface area contributed by atoms with Crippen LogP contribution in [0.15, 0.2) is 12.3 Å². The van der Waals surface area contributed by atoms with Gasteiger partial charge in [-0.3, -0.25) is 16.0 Å². The number of nitrogens with two attached hydrogens (primary N) is 1. The van der Waals surface area contributed by atoms with E-state index >= 15 is 0 Å². The molecule has 1 aromatic heterocycles. The Kier molecular flexibility index (Phi) is 7.75. The number of unbranched alkanes of at least 4 members (excludes halogenated alkanes) is 3. The van der Waals surface area contributed by atoms with Crippen molar-refractivity contribution in [2.75, 3.05) is 0 Å². The Hall–Kier alpha value is -0.870. The molecular weight excluding hydrogens is 236 g/mol. The molecule has 0 bridgehead atoms. The Morgan fingerprint density at radius 2 is 2.11 bits per heavy atom. The van der Waals surface area contributed by atoms with Gasteiger partial charge in [0.2, 0.25) is 0 Å². The molecule has 4 nitrogen and oxygen atoms in total. The number of hydrogen-bond acceptors (Lipinski definition) is 3. The van der Waals surface area contributed by atoms with E-state index in [0.717, 1.165) is 25.0 Å². The number of nitrogens with one attached hydrogen (secondary N) is 1. The van der Waals surface area contributed by atoms with E-state index in [2.05, 4.69) is 48.2 Å². The van der Waals surface area contributed by atoms with E-state index in [4.69, 9.17) is 5.84 Å². The van der Waals surface area contributed by atoms with Crippen LogP contribution >= 0.6 is 0 Å². The molecule has 0 amide bonds. The number of nitrogens with zero attached hydrogens (tertiary/aromatic N) is 2. The smallest absolute Gasteiger partial charge is 0.0640 e. The van der Waals surface area contributed by atoms with Crippen molar-refractivity contribution in [3.63, 3.8) is 0 Å². The molecule has 110 valence electrons. The van der Waals surface area contributed by atoms with Crippen molar-refractivity contribution in [1.82, 2.24) is 15.2 Å².